The van der Waals surface area contributed by atoms with Gasteiger partial charge in [-0.3, -0.25) is 0 Å². The first-order valence-corrected chi connectivity index (χ1v) is 7.04. The number of aromatic nitrogens is 2. The highest BCUT2D eigenvalue weighted by atomic mass is 127. The van der Waals surface area contributed by atoms with Gasteiger partial charge in [0.15, 0.2) is 0 Å². The molecule has 0 fully saturated rings. The summed E-state index contributed by atoms with van der Waals surface area (Å²) >= 11 is 2.32. The minimum Gasteiger partial charge on any atom is -0.372 e. The van der Waals surface area contributed by atoms with E-state index in [1.165, 1.54) is 5.69 Å². The zero-order valence-corrected chi connectivity index (χ0v) is 13.2. The Labute approximate surface area is 117 Å². The summed E-state index contributed by atoms with van der Waals surface area (Å²) in [5.74, 6) is 1.89. The van der Waals surface area contributed by atoms with Crippen molar-refractivity contribution in [3.8, 4) is 0 Å². The normalized spacial score (nSPS) is 10.9. The van der Waals surface area contributed by atoms with Gasteiger partial charge in [0.1, 0.15) is 11.6 Å². The lowest BCUT2D eigenvalue weighted by atomic mass is 10.2. The van der Waals surface area contributed by atoms with Crippen molar-refractivity contribution in [2.75, 3.05) is 33.0 Å². The lowest BCUT2D eigenvalue weighted by molar-refractivity contribution is 0.409. The maximum Gasteiger partial charge on any atom is 0.143 e. The molecule has 0 amide bonds. The van der Waals surface area contributed by atoms with Gasteiger partial charge in [0.05, 0.1) is 9.26 Å². The van der Waals surface area contributed by atoms with E-state index in [0.717, 1.165) is 41.0 Å². The molecule has 96 valence electrons. The van der Waals surface area contributed by atoms with Gasteiger partial charge in [0, 0.05) is 20.0 Å². The predicted octanol–water partition coefficient (Wildman–Crippen LogP) is 2.18. The molecule has 0 aliphatic carbocycles. The summed E-state index contributed by atoms with van der Waals surface area (Å²) in [6.07, 6.45) is 3.03. The van der Waals surface area contributed by atoms with Crippen LogP contribution in [0.25, 0.3) is 0 Å². The second kappa shape index (κ2) is 7.10. The second-order valence-electron chi connectivity index (χ2n) is 4.30. The van der Waals surface area contributed by atoms with E-state index < -0.39 is 0 Å². The maximum atomic E-state index is 4.66. The van der Waals surface area contributed by atoms with Crippen molar-refractivity contribution in [1.29, 1.82) is 0 Å². The topological polar surface area (TPSA) is 41.1 Å². The molecule has 0 saturated carbocycles. The van der Waals surface area contributed by atoms with Crippen LogP contribution < -0.4 is 5.32 Å². The highest BCUT2D eigenvalue weighted by molar-refractivity contribution is 14.1. The van der Waals surface area contributed by atoms with E-state index in [1.54, 1.807) is 0 Å². The third-order valence-corrected chi connectivity index (χ3v) is 3.61. The summed E-state index contributed by atoms with van der Waals surface area (Å²) in [6.45, 7) is 3.16. The van der Waals surface area contributed by atoms with E-state index in [4.69, 9.17) is 0 Å². The Morgan fingerprint density at radius 3 is 2.47 bits per heavy atom. The average molecular weight is 348 g/mol. The molecule has 5 heteroatoms. The van der Waals surface area contributed by atoms with Gasteiger partial charge < -0.3 is 10.2 Å². The number of rotatable bonds is 6. The van der Waals surface area contributed by atoms with Gasteiger partial charge in [-0.1, -0.05) is 13.3 Å². The smallest absolute Gasteiger partial charge is 0.143 e. The Kier molecular flexibility index (Phi) is 6.11. The third-order valence-electron chi connectivity index (χ3n) is 2.47. The zero-order chi connectivity index (χ0) is 12.8. The summed E-state index contributed by atoms with van der Waals surface area (Å²) < 4.78 is 1.15. The van der Waals surface area contributed by atoms with Crippen LogP contribution in [-0.4, -0.2) is 42.6 Å². The molecule has 1 rings (SSSR count). The van der Waals surface area contributed by atoms with Crippen LogP contribution in [-0.2, 0) is 12.8 Å². The van der Waals surface area contributed by atoms with Gasteiger partial charge in [0.25, 0.3) is 0 Å². The van der Waals surface area contributed by atoms with E-state index in [1.807, 2.05) is 7.05 Å². The summed E-state index contributed by atoms with van der Waals surface area (Å²) in [6, 6.07) is 0. The monoisotopic (exact) mass is 348 g/mol. The Morgan fingerprint density at radius 1 is 1.24 bits per heavy atom. The first kappa shape index (κ1) is 14.6. The van der Waals surface area contributed by atoms with Crippen LogP contribution in [0.5, 0.6) is 0 Å². The summed E-state index contributed by atoms with van der Waals surface area (Å²) in [5.41, 5.74) is 1.17. The molecule has 0 aliphatic rings. The van der Waals surface area contributed by atoms with Crippen molar-refractivity contribution in [3.63, 3.8) is 0 Å². The number of likely N-dealkylation sites (N-methyl/N-ethyl adjacent to an activating group) is 1. The molecule has 0 bridgehead atoms. The summed E-state index contributed by atoms with van der Waals surface area (Å²) in [4.78, 5) is 11.4. The number of aryl methyl sites for hydroxylation is 1. The molecule has 1 N–H and O–H groups in total. The molecule has 0 radical (unpaired) electrons. The van der Waals surface area contributed by atoms with E-state index in [2.05, 4.69) is 63.8 Å². The summed E-state index contributed by atoms with van der Waals surface area (Å²) in [7, 11) is 6.05. The molecular weight excluding hydrogens is 327 g/mol. The van der Waals surface area contributed by atoms with E-state index >= 15 is 0 Å². The van der Waals surface area contributed by atoms with E-state index in [0.29, 0.717) is 0 Å². The van der Waals surface area contributed by atoms with Crippen molar-refractivity contribution < 1.29 is 0 Å². The van der Waals surface area contributed by atoms with Crippen LogP contribution in [0.2, 0.25) is 0 Å². The van der Waals surface area contributed by atoms with Crippen LogP contribution >= 0.6 is 22.6 Å². The van der Waals surface area contributed by atoms with E-state index in [-0.39, 0.29) is 0 Å². The average Bonchev–Trinajstić information content (AvgIpc) is 2.30. The van der Waals surface area contributed by atoms with Crippen LogP contribution in [0.1, 0.15) is 24.9 Å². The maximum absolute atomic E-state index is 4.66. The molecule has 0 atom stereocenters. The van der Waals surface area contributed by atoms with Gasteiger partial charge in [0.2, 0.25) is 0 Å². The van der Waals surface area contributed by atoms with Crippen molar-refractivity contribution in [2.45, 2.75) is 26.2 Å². The largest absolute Gasteiger partial charge is 0.372 e. The number of halogens is 1. The van der Waals surface area contributed by atoms with Crippen LogP contribution in [0.3, 0.4) is 0 Å². The predicted molar refractivity (Wildman–Crippen MR) is 80.5 cm³/mol. The minimum absolute atomic E-state index is 0.898. The molecule has 0 saturated heterocycles. The van der Waals surface area contributed by atoms with Crippen molar-refractivity contribution in [2.24, 2.45) is 0 Å². The quantitative estimate of drug-likeness (QED) is 0.801. The molecule has 0 aliphatic heterocycles. The first-order chi connectivity index (χ1) is 8.08. The molecular formula is C12H21IN4. The Morgan fingerprint density at radius 2 is 1.94 bits per heavy atom. The first-order valence-electron chi connectivity index (χ1n) is 5.96. The number of hydrogen-bond acceptors (Lipinski definition) is 4. The molecule has 1 aromatic rings. The van der Waals surface area contributed by atoms with Crippen LogP contribution in [0.15, 0.2) is 0 Å². The number of nitrogens with zero attached hydrogens (tertiary/aromatic N) is 3. The highest BCUT2D eigenvalue weighted by Crippen LogP contribution is 2.20. The minimum atomic E-state index is 0.898. The standard InChI is InChI=1S/C12H21IN4/c1-5-6-9-11(13)12(14-2)16-10(15-9)7-8-17(3)4/h5-8H2,1-4H3,(H,14,15,16). The second-order valence-corrected chi connectivity index (χ2v) is 5.38. The zero-order valence-electron chi connectivity index (χ0n) is 11.0. The van der Waals surface area contributed by atoms with Gasteiger partial charge in [-0.25, -0.2) is 9.97 Å². The van der Waals surface area contributed by atoms with Crippen LogP contribution in [0.4, 0.5) is 5.82 Å². The number of anilines is 1. The van der Waals surface area contributed by atoms with Crippen molar-refractivity contribution in [1.82, 2.24) is 14.9 Å². The number of nitrogens with one attached hydrogen (secondary N) is 1. The molecule has 17 heavy (non-hydrogen) atoms. The van der Waals surface area contributed by atoms with Gasteiger partial charge >= 0.3 is 0 Å². The Hall–Kier alpha value is -0.430. The van der Waals surface area contributed by atoms with Gasteiger partial charge in [-0.15, -0.1) is 0 Å². The fraction of sp³-hybridized carbons (Fsp3) is 0.667. The molecule has 1 aromatic heterocycles. The molecule has 0 spiro atoms. The lowest BCUT2D eigenvalue weighted by Gasteiger charge is -2.12. The highest BCUT2D eigenvalue weighted by Gasteiger charge is 2.10. The molecule has 1 heterocycles. The number of hydrogen-bond donors (Lipinski definition) is 1. The SMILES string of the molecule is CCCc1nc(CCN(C)C)nc(NC)c1I. The fourth-order valence-electron chi connectivity index (χ4n) is 1.55. The van der Waals surface area contributed by atoms with Gasteiger partial charge in [-0.05, 0) is 43.1 Å². The summed E-state index contributed by atoms with van der Waals surface area (Å²) in [5, 5.41) is 3.15. The Bertz CT molecular complexity index is 366. The van der Waals surface area contributed by atoms with Crippen molar-refractivity contribution >= 4 is 28.4 Å². The van der Waals surface area contributed by atoms with Gasteiger partial charge in [-0.2, -0.15) is 0 Å². The molecule has 4 nitrogen and oxygen atoms in total. The third kappa shape index (κ3) is 4.39. The fourth-order valence-corrected chi connectivity index (χ4v) is 2.33. The molecule has 0 aromatic carbocycles. The Balaban J connectivity index is 2.94. The van der Waals surface area contributed by atoms with Crippen molar-refractivity contribution in [3.05, 3.63) is 15.1 Å². The molecule has 0 unspecified atom stereocenters. The lowest BCUT2D eigenvalue weighted by Crippen LogP contribution is -2.17. The van der Waals surface area contributed by atoms with E-state index in [9.17, 15) is 0 Å². The van der Waals surface area contributed by atoms with Crippen LogP contribution in [0, 0.1) is 3.57 Å².